The van der Waals surface area contributed by atoms with Crippen molar-refractivity contribution in [2.45, 2.75) is 0 Å². The van der Waals surface area contributed by atoms with Crippen molar-refractivity contribution in [2.75, 3.05) is 0 Å². The quantitative estimate of drug-likeness (QED) is 0.459. The van der Waals surface area contributed by atoms with Crippen molar-refractivity contribution in [1.29, 1.82) is 5.41 Å². The van der Waals surface area contributed by atoms with Crippen LogP contribution in [0.1, 0.15) is 5.56 Å². The molecule has 3 rings (SSSR count). The van der Waals surface area contributed by atoms with Gasteiger partial charge in [-0.2, -0.15) is 0 Å². The van der Waals surface area contributed by atoms with Crippen molar-refractivity contribution >= 4 is 27.8 Å². The molecule has 0 aromatic heterocycles. The third-order valence-electron chi connectivity index (χ3n) is 2.96. The van der Waals surface area contributed by atoms with Gasteiger partial charge in [-0.1, -0.05) is 48.5 Å². The summed E-state index contributed by atoms with van der Waals surface area (Å²) in [5.41, 5.74) is 1.01. The summed E-state index contributed by atoms with van der Waals surface area (Å²) in [6, 6.07) is 18.6. The van der Waals surface area contributed by atoms with Crippen molar-refractivity contribution in [2.24, 2.45) is 0 Å². The third-order valence-corrected chi connectivity index (χ3v) is 2.96. The molecule has 1 N–H and O–H groups in total. The van der Waals surface area contributed by atoms with E-state index in [1.165, 1.54) is 17.0 Å². The summed E-state index contributed by atoms with van der Waals surface area (Å²) in [6.07, 6.45) is 1.45. The lowest BCUT2D eigenvalue weighted by molar-refractivity contribution is 1.56. The highest BCUT2D eigenvalue weighted by atomic mass is 14.3. The van der Waals surface area contributed by atoms with Crippen LogP contribution in [0.15, 0.2) is 54.6 Å². The highest BCUT2D eigenvalue weighted by Gasteiger charge is 2.03. The van der Waals surface area contributed by atoms with E-state index in [-0.39, 0.29) is 0 Å². The van der Waals surface area contributed by atoms with Crippen LogP contribution in [0, 0.1) is 5.41 Å². The second kappa shape index (κ2) is 3.46. The van der Waals surface area contributed by atoms with Crippen LogP contribution in [0.4, 0.5) is 0 Å². The fraction of sp³-hybridized carbons (Fsp3) is 0. The molecule has 0 amide bonds. The van der Waals surface area contributed by atoms with E-state index in [1.54, 1.807) is 0 Å². The Morgan fingerprint density at radius 2 is 1.25 bits per heavy atom. The molecular weight excluding hydrogens is 194 g/mol. The Kier molecular flexibility index (Phi) is 1.97. The minimum absolute atomic E-state index is 1.01. The van der Waals surface area contributed by atoms with Gasteiger partial charge in [-0.05, 0) is 27.6 Å². The Morgan fingerprint density at radius 3 is 1.75 bits per heavy atom. The summed E-state index contributed by atoms with van der Waals surface area (Å²) >= 11 is 0. The van der Waals surface area contributed by atoms with Crippen molar-refractivity contribution in [3.63, 3.8) is 0 Å². The molecule has 16 heavy (non-hydrogen) atoms. The first-order valence-corrected chi connectivity index (χ1v) is 5.31. The summed E-state index contributed by atoms with van der Waals surface area (Å²) in [4.78, 5) is 0. The van der Waals surface area contributed by atoms with Crippen LogP contribution >= 0.6 is 0 Å². The molecule has 1 nitrogen and oxygen atoms in total. The molecule has 0 radical (unpaired) electrons. The lowest BCUT2D eigenvalue weighted by atomic mass is 9.97. The van der Waals surface area contributed by atoms with Gasteiger partial charge in [-0.15, -0.1) is 0 Å². The van der Waals surface area contributed by atoms with Crippen molar-refractivity contribution in [3.05, 3.63) is 60.2 Å². The Morgan fingerprint density at radius 1 is 0.750 bits per heavy atom. The maximum Gasteiger partial charge on any atom is 0.0262 e. The molecule has 0 aliphatic heterocycles. The molecule has 0 saturated carbocycles. The molecular formula is C15H11N. The summed E-state index contributed by atoms with van der Waals surface area (Å²) < 4.78 is 0. The maximum atomic E-state index is 7.58. The molecule has 0 atom stereocenters. The topological polar surface area (TPSA) is 23.9 Å². The Labute approximate surface area is 93.8 Å². The second-order valence-electron chi connectivity index (χ2n) is 3.88. The minimum Gasteiger partial charge on any atom is -0.308 e. The zero-order valence-electron chi connectivity index (χ0n) is 8.77. The number of hydrogen-bond donors (Lipinski definition) is 1. The van der Waals surface area contributed by atoms with Gasteiger partial charge in [0.25, 0.3) is 0 Å². The smallest absolute Gasteiger partial charge is 0.0262 e. The SMILES string of the molecule is N=Cc1c2ccccc2cc2ccccc12. The van der Waals surface area contributed by atoms with Crippen molar-refractivity contribution in [1.82, 2.24) is 0 Å². The molecule has 0 fully saturated rings. The van der Waals surface area contributed by atoms with Gasteiger partial charge in [0.1, 0.15) is 0 Å². The number of nitrogens with one attached hydrogen (secondary N) is 1. The third kappa shape index (κ3) is 1.22. The molecule has 0 aliphatic carbocycles. The molecule has 1 heteroatoms. The first-order chi connectivity index (χ1) is 7.90. The van der Waals surface area contributed by atoms with Gasteiger partial charge in [0, 0.05) is 11.8 Å². The summed E-state index contributed by atoms with van der Waals surface area (Å²) in [5.74, 6) is 0. The van der Waals surface area contributed by atoms with E-state index < -0.39 is 0 Å². The molecule has 0 heterocycles. The van der Waals surface area contributed by atoms with Crippen LogP contribution in [-0.4, -0.2) is 6.21 Å². The number of benzene rings is 3. The molecule has 0 spiro atoms. The number of hydrogen-bond acceptors (Lipinski definition) is 1. The largest absolute Gasteiger partial charge is 0.308 e. The molecule has 0 bridgehead atoms. The van der Waals surface area contributed by atoms with E-state index >= 15 is 0 Å². The van der Waals surface area contributed by atoms with Crippen molar-refractivity contribution in [3.8, 4) is 0 Å². The van der Waals surface area contributed by atoms with E-state index in [9.17, 15) is 0 Å². The Bertz CT molecular complexity index is 629. The van der Waals surface area contributed by atoms with Gasteiger partial charge >= 0.3 is 0 Å². The van der Waals surface area contributed by atoms with Crippen LogP contribution in [0.2, 0.25) is 0 Å². The molecule has 0 aliphatic rings. The van der Waals surface area contributed by atoms with Crippen LogP contribution in [0.3, 0.4) is 0 Å². The first-order valence-electron chi connectivity index (χ1n) is 5.31. The first kappa shape index (κ1) is 9.10. The fourth-order valence-electron chi connectivity index (χ4n) is 2.20. The monoisotopic (exact) mass is 205 g/mol. The maximum absolute atomic E-state index is 7.58. The van der Waals surface area contributed by atoms with Gasteiger partial charge in [-0.25, -0.2) is 0 Å². The zero-order chi connectivity index (χ0) is 11.0. The molecule has 3 aromatic rings. The molecule has 3 aromatic carbocycles. The molecule has 76 valence electrons. The minimum atomic E-state index is 1.01. The van der Waals surface area contributed by atoms with Crippen molar-refractivity contribution < 1.29 is 0 Å². The van der Waals surface area contributed by atoms with E-state index in [2.05, 4.69) is 30.3 Å². The van der Waals surface area contributed by atoms with Gasteiger partial charge < -0.3 is 5.41 Å². The van der Waals surface area contributed by atoms with Gasteiger partial charge in [0.05, 0.1) is 0 Å². The Hall–Kier alpha value is -2.15. The number of rotatable bonds is 1. The van der Waals surface area contributed by atoms with Gasteiger partial charge in [0.2, 0.25) is 0 Å². The van der Waals surface area contributed by atoms with Gasteiger partial charge in [-0.3, -0.25) is 0 Å². The number of fused-ring (bicyclic) bond motifs is 2. The van der Waals surface area contributed by atoms with E-state index in [4.69, 9.17) is 5.41 Å². The predicted molar refractivity (Wildman–Crippen MR) is 69.3 cm³/mol. The molecule has 0 unspecified atom stereocenters. The predicted octanol–water partition coefficient (Wildman–Crippen LogP) is 3.99. The highest BCUT2D eigenvalue weighted by Crippen LogP contribution is 2.26. The van der Waals surface area contributed by atoms with Crippen LogP contribution < -0.4 is 0 Å². The van der Waals surface area contributed by atoms with Gasteiger partial charge in [0.15, 0.2) is 0 Å². The van der Waals surface area contributed by atoms with Crippen LogP contribution in [0.25, 0.3) is 21.5 Å². The average molecular weight is 205 g/mol. The van der Waals surface area contributed by atoms with Crippen LogP contribution in [-0.2, 0) is 0 Å². The lowest BCUT2D eigenvalue weighted by Gasteiger charge is -2.06. The summed E-state index contributed by atoms with van der Waals surface area (Å²) in [5, 5.41) is 12.3. The Balaban J connectivity index is 2.61. The summed E-state index contributed by atoms with van der Waals surface area (Å²) in [7, 11) is 0. The second-order valence-corrected chi connectivity index (χ2v) is 3.88. The van der Waals surface area contributed by atoms with Crippen LogP contribution in [0.5, 0.6) is 0 Å². The average Bonchev–Trinajstić information content (AvgIpc) is 2.36. The fourth-order valence-corrected chi connectivity index (χ4v) is 2.20. The lowest BCUT2D eigenvalue weighted by Crippen LogP contribution is -1.86. The summed E-state index contributed by atoms with van der Waals surface area (Å²) in [6.45, 7) is 0. The van der Waals surface area contributed by atoms with E-state index in [0.29, 0.717) is 0 Å². The zero-order valence-corrected chi connectivity index (χ0v) is 8.77. The highest BCUT2D eigenvalue weighted by molar-refractivity contribution is 6.12. The standard InChI is InChI=1S/C15H11N/c16-10-15-13-7-3-1-5-11(13)9-12-6-2-4-8-14(12)15/h1-10,16H. The van der Waals surface area contributed by atoms with E-state index in [0.717, 1.165) is 16.3 Å². The van der Waals surface area contributed by atoms with E-state index in [1.807, 2.05) is 24.3 Å². The normalized spacial score (nSPS) is 10.8. The molecule has 0 saturated heterocycles.